The molecule has 6 nitrogen and oxygen atoms in total. The van der Waals surface area contributed by atoms with Crippen molar-refractivity contribution >= 4 is 17.9 Å². The van der Waals surface area contributed by atoms with Crippen molar-refractivity contribution in [2.45, 2.75) is 297 Å². The first-order valence-corrected chi connectivity index (χ1v) is 30.1. The number of unbranched alkanes of at least 4 members (excludes halogenated alkanes) is 29. The fourth-order valence-corrected chi connectivity index (χ4v) is 8.27. The molecule has 1 unspecified atom stereocenters. The van der Waals surface area contributed by atoms with Gasteiger partial charge in [0, 0.05) is 19.3 Å². The lowest BCUT2D eigenvalue weighted by Gasteiger charge is -2.18. The largest absolute Gasteiger partial charge is 0.462 e. The third kappa shape index (κ3) is 57.4. The fraction of sp³-hybridized carbons (Fsp3) is 0.738. The Labute approximate surface area is 439 Å². The second-order valence-corrected chi connectivity index (χ2v) is 19.9. The van der Waals surface area contributed by atoms with E-state index in [1.54, 1.807) is 0 Å². The molecule has 0 saturated heterocycles. The topological polar surface area (TPSA) is 78.9 Å². The van der Waals surface area contributed by atoms with E-state index in [9.17, 15) is 14.4 Å². The van der Waals surface area contributed by atoms with Crippen molar-refractivity contribution in [3.05, 3.63) is 85.1 Å². The first-order valence-electron chi connectivity index (χ1n) is 30.1. The van der Waals surface area contributed by atoms with Gasteiger partial charge < -0.3 is 14.2 Å². The van der Waals surface area contributed by atoms with Gasteiger partial charge in [-0.15, -0.1) is 0 Å². The third-order valence-electron chi connectivity index (χ3n) is 12.8. The van der Waals surface area contributed by atoms with Crippen LogP contribution in [0.2, 0.25) is 0 Å². The molecule has 0 aliphatic rings. The molecule has 408 valence electrons. The maximum absolute atomic E-state index is 12.9. The highest BCUT2D eigenvalue weighted by molar-refractivity contribution is 5.71. The van der Waals surface area contributed by atoms with E-state index in [1.807, 2.05) is 0 Å². The molecule has 0 aromatic rings. The molecule has 0 amide bonds. The highest BCUT2D eigenvalue weighted by Gasteiger charge is 2.19. The summed E-state index contributed by atoms with van der Waals surface area (Å²) in [4.78, 5) is 38.2. The average molecular weight is 990 g/mol. The van der Waals surface area contributed by atoms with Crippen LogP contribution in [0.4, 0.5) is 0 Å². The minimum atomic E-state index is -0.794. The van der Waals surface area contributed by atoms with Gasteiger partial charge in [0.25, 0.3) is 0 Å². The van der Waals surface area contributed by atoms with Crippen LogP contribution in [0.5, 0.6) is 0 Å². The summed E-state index contributed by atoms with van der Waals surface area (Å²) < 4.78 is 16.9. The van der Waals surface area contributed by atoms with E-state index >= 15 is 0 Å². The van der Waals surface area contributed by atoms with Crippen LogP contribution < -0.4 is 0 Å². The summed E-state index contributed by atoms with van der Waals surface area (Å²) in [7, 11) is 0. The number of carbonyl (C=O) groups is 3. The van der Waals surface area contributed by atoms with E-state index in [2.05, 4.69) is 106 Å². The lowest BCUT2D eigenvalue weighted by molar-refractivity contribution is -0.167. The highest BCUT2D eigenvalue weighted by Crippen LogP contribution is 2.15. The summed E-state index contributed by atoms with van der Waals surface area (Å²) in [5.74, 6) is -0.916. The number of allylic oxidation sites excluding steroid dienone is 14. The fourth-order valence-electron chi connectivity index (χ4n) is 8.27. The summed E-state index contributed by atoms with van der Waals surface area (Å²) >= 11 is 0. The van der Waals surface area contributed by atoms with Crippen molar-refractivity contribution in [2.24, 2.45) is 0 Å². The Morgan fingerprint density at radius 2 is 0.507 bits per heavy atom. The predicted octanol–water partition coefficient (Wildman–Crippen LogP) is 20.3. The zero-order valence-electron chi connectivity index (χ0n) is 46.7. The number of hydrogen-bond acceptors (Lipinski definition) is 6. The molecular weight excluding hydrogens is 877 g/mol. The SMILES string of the molecule is CCCCC/C=C\C/C=C\C/C=C\CCCCCCCCC(=O)OCC(COC(=O)CCCCCCC/C=C\C/C=C\CCCCCC)OC(=O)CCCCCCCCC/C=C\C/C=C\CCCCCC. The lowest BCUT2D eigenvalue weighted by Crippen LogP contribution is -2.30. The van der Waals surface area contributed by atoms with Crippen molar-refractivity contribution in [1.82, 2.24) is 0 Å². The zero-order chi connectivity index (χ0) is 51.4. The molecule has 0 radical (unpaired) electrons. The molecule has 6 heteroatoms. The summed E-state index contributed by atoms with van der Waals surface area (Å²) in [5.41, 5.74) is 0. The Morgan fingerprint density at radius 1 is 0.282 bits per heavy atom. The quantitative estimate of drug-likeness (QED) is 0.0261. The van der Waals surface area contributed by atoms with Gasteiger partial charge in [-0.05, 0) is 122 Å². The normalized spacial score (nSPS) is 12.7. The van der Waals surface area contributed by atoms with E-state index < -0.39 is 6.10 Å². The van der Waals surface area contributed by atoms with Gasteiger partial charge in [-0.25, -0.2) is 0 Å². The Balaban J connectivity index is 4.45. The third-order valence-corrected chi connectivity index (χ3v) is 12.8. The van der Waals surface area contributed by atoms with Gasteiger partial charge in [0.2, 0.25) is 0 Å². The molecule has 0 aliphatic carbocycles. The van der Waals surface area contributed by atoms with E-state index in [4.69, 9.17) is 14.2 Å². The van der Waals surface area contributed by atoms with E-state index in [0.29, 0.717) is 19.3 Å². The predicted molar refractivity (Wildman–Crippen MR) is 307 cm³/mol. The average Bonchev–Trinajstić information content (AvgIpc) is 3.37. The first-order chi connectivity index (χ1) is 35.0. The monoisotopic (exact) mass is 989 g/mol. The van der Waals surface area contributed by atoms with Gasteiger partial charge in [0.05, 0.1) is 0 Å². The minimum absolute atomic E-state index is 0.0911. The zero-order valence-corrected chi connectivity index (χ0v) is 46.7. The molecule has 0 spiro atoms. The van der Waals surface area contributed by atoms with Gasteiger partial charge in [0.1, 0.15) is 13.2 Å². The summed E-state index contributed by atoms with van der Waals surface area (Å²) in [6, 6.07) is 0. The van der Waals surface area contributed by atoms with E-state index in [-0.39, 0.29) is 31.1 Å². The van der Waals surface area contributed by atoms with Crippen LogP contribution >= 0.6 is 0 Å². The smallest absolute Gasteiger partial charge is 0.306 e. The number of rotatable bonds is 54. The number of hydrogen-bond donors (Lipinski definition) is 0. The van der Waals surface area contributed by atoms with Gasteiger partial charge in [-0.1, -0.05) is 234 Å². The maximum atomic E-state index is 12.9. The molecule has 0 rings (SSSR count). The molecule has 0 N–H and O–H groups in total. The van der Waals surface area contributed by atoms with Crippen LogP contribution in [0.25, 0.3) is 0 Å². The van der Waals surface area contributed by atoms with Crippen LogP contribution in [0.3, 0.4) is 0 Å². The van der Waals surface area contributed by atoms with Gasteiger partial charge in [-0.3, -0.25) is 14.4 Å². The van der Waals surface area contributed by atoms with Crippen molar-refractivity contribution < 1.29 is 28.6 Å². The molecule has 0 heterocycles. The molecule has 0 saturated carbocycles. The van der Waals surface area contributed by atoms with Crippen molar-refractivity contribution in [2.75, 3.05) is 13.2 Å². The van der Waals surface area contributed by atoms with E-state index in [1.165, 1.54) is 135 Å². The number of carbonyl (C=O) groups excluding carboxylic acids is 3. The van der Waals surface area contributed by atoms with Crippen LogP contribution in [0.15, 0.2) is 85.1 Å². The molecule has 0 bridgehead atoms. The lowest BCUT2D eigenvalue weighted by atomic mass is 10.1. The molecule has 71 heavy (non-hydrogen) atoms. The number of esters is 3. The Kier molecular flexibility index (Phi) is 56.3. The van der Waals surface area contributed by atoms with Gasteiger partial charge >= 0.3 is 17.9 Å². The molecule has 0 aliphatic heterocycles. The molecule has 0 fully saturated rings. The second-order valence-electron chi connectivity index (χ2n) is 19.9. The first kappa shape index (κ1) is 67.6. The summed E-state index contributed by atoms with van der Waals surface area (Å²) in [6.45, 7) is 6.57. The Morgan fingerprint density at radius 3 is 0.817 bits per heavy atom. The van der Waals surface area contributed by atoms with Gasteiger partial charge in [-0.2, -0.15) is 0 Å². The highest BCUT2D eigenvalue weighted by atomic mass is 16.6. The van der Waals surface area contributed by atoms with Crippen molar-refractivity contribution in [1.29, 1.82) is 0 Å². The molecule has 0 aromatic heterocycles. The summed E-state index contributed by atoms with van der Waals surface area (Å²) in [6.07, 6.45) is 77.1. The molecule has 0 aromatic carbocycles. The minimum Gasteiger partial charge on any atom is -0.462 e. The molecular formula is C65H112O6. The molecule has 1 atom stereocenters. The van der Waals surface area contributed by atoms with Crippen molar-refractivity contribution in [3.8, 4) is 0 Å². The van der Waals surface area contributed by atoms with Crippen LogP contribution in [-0.2, 0) is 28.6 Å². The van der Waals surface area contributed by atoms with E-state index in [0.717, 1.165) is 116 Å². The standard InChI is InChI=1S/C65H112O6/c1-4-7-10-13-16-19-22-25-28-31-33-35-37-40-43-46-49-52-55-58-64(67)70-61-62(60-69-63(66)57-54-51-48-45-42-39-36-30-27-24-21-18-15-12-9-6-3)71-65(68)59-56-53-50-47-44-41-38-34-32-29-26-23-20-17-14-11-8-5-2/h16,19-21,23-25,28-30,32-33,35-36,62H,4-15,17-18,22,26-27,31,34,37-61H2,1-3H3/b19-16-,23-20-,24-21-,28-25-,32-29-,35-33-,36-30-. The maximum Gasteiger partial charge on any atom is 0.306 e. The summed E-state index contributed by atoms with van der Waals surface area (Å²) in [5, 5.41) is 0. The van der Waals surface area contributed by atoms with Crippen molar-refractivity contribution in [3.63, 3.8) is 0 Å². The van der Waals surface area contributed by atoms with Crippen LogP contribution in [0.1, 0.15) is 290 Å². The Bertz CT molecular complexity index is 1370. The van der Waals surface area contributed by atoms with Gasteiger partial charge in [0.15, 0.2) is 6.10 Å². The second kappa shape index (κ2) is 59.2. The Hall–Kier alpha value is -3.41. The van der Waals surface area contributed by atoms with Crippen LogP contribution in [-0.4, -0.2) is 37.2 Å². The number of ether oxygens (including phenoxy) is 3. The van der Waals surface area contributed by atoms with Crippen LogP contribution in [0, 0.1) is 0 Å².